The molecule has 0 unspecified atom stereocenters. The molecule has 0 saturated carbocycles. The minimum atomic E-state index is -0.663. The molecule has 4 N–H and O–H groups in total. The first-order valence-corrected chi connectivity index (χ1v) is 6.56. The van der Waals surface area contributed by atoms with Crippen LogP contribution in [-0.2, 0) is 13.0 Å². The third-order valence-electron chi connectivity index (χ3n) is 2.86. The normalized spacial score (nSPS) is 10.9. The third-order valence-corrected chi connectivity index (χ3v) is 2.86. The Hall–Kier alpha value is -1.90. The second-order valence-corrected chi connectivity index (χ2v) is 4.49. The maximum absolute atomic E-state index is 13.1. The molecule has 2 aromatic rings. The van der Waals surface area contributed by atoms with Gasteiger partial charge >= 0.3 is 0 Å². The molecule has 118 valence electrons. The molecule has 1 aromatic carbocycles. The fourth-order valence-electron chi connectivity index (χ4n) is 1.75. The topological polar surface area (TPSA) is 83.5 Å². The highest BCUT2D eigenvalue weighted by atomic mass is 127. The summed E-state index contributed by atoms with van der Waals surface area (Å²) in [5.41, 5.74) is 7.34. The molecule has 0 aliphatic rings. The Morgan fingerprint density at radius 3 is 2.82 bits per heavy atom. The maximum Gasteiger partial charge on any atom is 0.188 e. The van der Waals surface area contributed by atoms with Gasteiger partial charge in [0.15, 0.2) is 17.5 Å². The van der Waals surface area contributed by atoms with Gasteiger partial charge in [-0.2, -0.15) is 0 Å². The van der Waals surface area contributed by atoms with E-state index < -0.39 is 5.82 Å². The number of aromatic hydroxyl groups is 1. The predicted molar refractivity (Wildman–Crippen MR) is 94.7 cm³/mol. The van der Waals surface area contributed by atoms with Crippen molar-refractivity contribution in [2.75, 3.05) is 6.54 Å². The van der Waals surface area contributed by atoms with E-state index in [0.717, 1.165) is 12.1 Å². The number of rotatable bonds is 5. The lowest BCUT2D eigenvalue weighted by atomic mass is 10.2. The van der Waals surface area contributed by atoms with Crippen molar-refractivity contribution in [3.05, 3.63) is 59.7 Å². The first-order valence-electron chi connectivity index (χ1n) is 6.56. The zero-order valence-electron chi connectivity index (χ0n) is 11.9. The zero-order valence-corrected chi connectivity index (χ0v) is 14.2. The summed E-state index contributed by atoms with van der Waals surface area (Å²) in [7, 11) is 0. The highest BCUT2D eigenvalue weighted by Gasteiger charge is 2.01. The highest BCUT2D eigenvalue weighted by Crippen LogP contribution is 2.16. The lowest BCUT2D eigenvalue weighted by molar-refractivity contribution is 0.432. The van der Waals surface area contributed by atoms with E-state index in [1.807, 2.05) is 18.2 Å². The van der Waals surface area contributed by atoms with Crippen LogP contribution in [0.2, 0.25) is 0 Å². The number of phenols is 1. The van der Waals surface area contributed by atoms with E-state index in [-0.39, 0.29) is 36.3 Å². The molecule has 1 heterocycles. The molecule has 7 heteroatoms. The fourth-order valence-corrected chi connectivity index (χ4v) is 1.75. The SMILES string of the molecule is I.NC(=NCc1ccc(O)c(F)c1)NCCc1ccccn1. The van der Waals surface area contributed by atoms with E-state index in [9.17, 15) is 4.39 Å². The number of nitrogens with zero attached hydrogens (tertiary/aromatic N) is 2. The number of nitrogens with one attached hydrogen (secondary N) is 1. The van der Waals surface area contributed by atoms with Crippen LogP contribution < -0.4 is 11.1 Å². The summed E-state index contributed by atoms with van der Waals surface area (Å²) in [6.07, 6.45) is 2.48. The van der Waals surface area contributed by atoms with Crippen LogP contribution in [0.1, 0.15) is 11.3 Å². The Morgan fingerprint density at radius 1 is 1.32 bits per heavy atom. The number of halogens is 2. The standard InChI is InChI=1S/C15H17FN4O.HI/c16-13-9-11(4-5-14(13)21)10-20-15(17)19-8-6-12-3-1-2-7-18-12;/h1-5,7,9,21H,6,8,10H2,(H3,17,19,20);1H. The van der Waals surface area contributed by atoms with Gasteiger partial charge in [-0.05, 0) is 29.8 Å². The average Bonchev–Trinajstić information content (AvgIpc) is 2.49. The molecule has 22 heavy (non-hydrogen) atoms. The Labute approximate surface area is 145 Å². The summed E-state index contributed by atoms with van der Waals surface area (Å²) in [6, 6.07) is 9.87. The molecule has 0 aliphatic carbocycles. The minimum Gasteiger partial charge on any atom is -0.505 e. The molecule has 2 rings (SSSR count). The molecular formula is C15H18FIN4O. The van der Waals surface area contributed by atoms with Crippen LogP contribution in [0, 0.1) is 5.82 Å². The number of pyridine rings is 1. The van der Waals surface area contributed by atoms with Crippen LogP contribution in [-0.4, -0.2) is 22.6 Å². The van der Waals surface area contributed by atoms with Crippen LogP contribution in [0.3, 0.4) is 0 Å². The number of aromatic nitrogens is 1. The van der Waals surface area contributed by atoms with Crippen LogP contribution >= 0.6 is 24.0 Å². The van der Waals surface area contributed by atoms with E-state index in [2.05, 4.69) is 15.3 Å². The summed E-state index contributed by atoms with van der Waals surface area (Å²) in [5, 5.41) is 12.1. The Bertz CT molecular complexity index is 622. The van der Waals surface area contributed by atoms with E-state index in [1.54, 1.807) is 12.3 Å². The van der Waals surface area contributed by atoms with Crippen molar-refractivity contribution in [2.24, 2.45) is 10.7 Å². The zero-order chi connectivity index (χ0) is 15.1. The summed E-state index contributed by atoms with van der Waals surface area (Å²) >= 11 is 0. The van der Waals surface area contributed by atoms with E-state index in [1.165, 1.54) is 12.1 Å². The Morgan fingerprint density at radius 2 is 2.14 bits per heavy atom. The van der Waals surface area contributed by atoms with Crippen LogP contribution in [0.5, 0.6) is 5.75 Å². The predicted octanol–water partition coefficient (Wildman–Crippen LogP) is 2.19. The van der Waals surface area contributed by atoms with Gasteiger partial charge in [0.25, 0.3) is 0 Å². The van der Waals surface area contributed by atoms with Gasteiger partial charge in [0, 0.05) is 24.9 Å². The van der Waals surface area contributed by atoms with Crippen molar-refractivity contribution in [1.29, 1.82) is 0 Å². The molecule has 0 amide bonds. The number of phenolic OH excluding ortho intramolecular Hbond substituents is 1. The van der Waals surface area contributed by atoms with Gasteiger partial charge in [0.1, 0.15) is 0 Å². The Balaban J connectivity index is 0.00000242. The van der Waals surface area contributed by atoms with E-state index >= 15 is 0 Å². The monoisotopic (exact) mass is 416 g/mol. The van der Waals surface area contributed by atoms with Crippen LogP contribution in [0.25, 0.3) is 0 Å². The number of hydrogen-bond donors (Lipinski definition) is 3. The quantitative estimate of drug-likeness (QED) is 0.397. The van der Waals surface area contributed by atoms with Crippen molar-refractivity contribution < 1.29 is 9.50 Å². The molecule has 1 aromatic heterocycles. The molecule has 0 radical (unpaired) electrons. The molecule has 0 fully saturated rings. The fraction of sp³-hybridized carbons (Fsp3) is 0.200. The van der Waals surface area contributed by atoms with Gasteiger partial charge in [-0.15, -0.1) is 24.0 Å². The largest absolute Gasteiger partial charge is 0.505 e. The van der Waals surface area contributed by atoms with Crippen molar-refractivity contribution in [1.82, 2.24) is 10.3 Å². The van der Waals surface area contributed by atoms with Gasteiger partial charge in [-0.1, -0.05) is 12.1 Å². The summed E-state index contributed by atoms with van der Waals surface area (Å²) in [6.45, 7) is 0.871. The maximum atomic E-state index is 13.1. The van der Waals surface area contributed by atoms with E-state index in [4.69, 9.17) is 10.8 Å². The summed E-state index contributed by atoms with van der Waals surface area (Å²) in [5.74, 6) is -0.743. The molecule has 5 nitrogen and oxygen atoms in total. The second-order valence-electron chi connectivity index (χ2n) is 4.49. The number of aliphatic imine (C=N–C) groups is 1. The number of nitrogens with two attached hydrogens (primary N) is 1. The van der Waals surface area contributed by atoms with Crippen LogP contribution in [0.15, 0.2) is 47.6 Å². The van der Waals surface area contributed by atoms with Crippen LogP contribution in [0.4, 0.5) is 4.39 Å². The summed E-state index contributed by atoms with van der Waals surface area (Å²) in [4.78, 5) is 8.31. The van der Waals surface area contributed by atoms with Gasteiger partial charge in [-0.3, -0.25) is 4.98 Å². The Kier molecular flexibility index (Phi) is 7.58. The van der Waals surface area contributed by atoms with Gasteiger partial charge in [0.05, 0.1) is 6.54 Å². The van der Waals surface area contributed by atoms with Crippen molar-refractivity contribution in [3.63, 3.8) is 0 Å². The van der Waals surface area contributed by atoms with Gasteiger partial charge < -0.3 is 16.2 Å². The molecular weight excluding hydrogens is 398 g/mol. The first-order chi connectivity index (χ1) is 10.1. The number of hydrogen-bond acceptors (Lipinski definition) is 3. The average molecular weight is 416 g/mol. The number of benzene rings is 1. The lowest BCUT2D eigenvalue weighted by Gasteiger charge is -2.05. The molecule has 0 aliphatic heterocycles. The van der Waals surface area contributed by atoms with Gasteiger partial charge in [0.2, 0.25) is 0 Å². The molecule has 0 bridgehead atoms. The smallest absolute Gasteiger partial charge is 0.188 e. The number of guanidine groups is 1. The third kappa shape index (κ3) is 5.84. The van der Waals surface area contributed by atoms with E-state index in [0.29, 0.717) is 18.1 Å². The molecule has 0 saturated heterocycles. The summed E-state index contributed by atoms with van der Waals surface area (Å²) < 4.78 is 13.1. The highest BCUT2D eigenvalue weighted by molar-refractivity contribution is 14.0. The van der Waals surface area contributed by atoms with Crippen molar-refractivity contribution >= 4 is 29.9 Å². The van der Waals surface area contributed by atoms with Crippen molar-refractivity contribution in [2.45, 2.75) is 13.0 Å². The minimum absolute atomic E-state index is 0. The van der Waals surface area contributed by atoms with Crippen molar-refractivity contribution in [3.8, 4) is 5.75 Å². The van der Waals surface area contributed by atoms with Gasteiger partial charge in [-0.25, -0.2) is 9.38 Å². The second kappa shape index (κ2) is 9.19. The lowest BCUT2D eigenvalue weighted by Crippen LogP contribution is -2.33. The molecule has 0 spiro atoms. The molecule has 0 atom stereocenters. The first kappa shape index (κ1) is 18.1.